The fourth-order valence-electron chi connectivity index (χ4n) is 9.06. The molecular formula is C61H38N8. The maximum Gasteiger partial charge on any atom is 0.187 e. The SMILES string of the molecule is [C-]#[N+]c1cccc(-c2cc(-c3ccc(-n4c5ccc(N(c6ccccc6)c6ccccc6)cc5c5cc(N(c6ccccc6)c6ccccc6)ccc54)cc3C#N)nc(-c3cccc([N+]#[C-])c3)n2)c1. The van der Waals surface area contributed by atoms with Crippen LogP contribution in [0.25, 0.3) is 71.1 Å². The minimum atomic E-state index is 0.406. The van der Waals surface area contributed by atoms with Crippen molar-refractivity contribution < 1.29 is 0 Å². The summed E-state index contributed by atoms with van der Waals surface area (Å²) in [6.07, 6.45) is 0. The Morgan fingerprint density at radius 2 is 0.884 bits per heavy atom. The topological polar surface area (TPSA) is 69.7 Å². The Kier molecular flexibility index (Phi) is 10.9. The maximum atomic E-state index is 11.0. The molecule has 2 heterocycles. The monoisotopic (exact) mass is 882 g/mol. The van der Waals surface area contributed by atoms with Gasteiger partial charge in [0.1, 0.15) is 0 Å². The first kappa shape index (κ1) is 41.6. The van der Waals surface area contributed by atoms with Gasteiger partial charge < -0.3 is 14.4 Å². The highest BCUT2D eigenvalue weighted by Gasteiger charge is 2.22. The molecule has 0 aliphatic rings. The van der Waals surface area contributed by atoms with E-state index < -0.39 is 0 Å². The summed E-state index contributed by atoms with van der Waals surface area (Å²) >= 11 is 0. The number of hydrogen-bond acceptors (Lipinski definition) is 5. The van der Waals surface area contributed by atoms with Gasteiger partial charge in [-0.25, -0.2) is 19.7 Å². The summed E-state index contributed by atoms with van der Waals surface area (Å²) in [5.74, 6) is 0.406. The molecule has 8 heteroatoms. The molecule has 322 valence electrons. The Bertz CT molecular complexity index is 3530. The van der Waals surface area contributed by atoms with Crippen molar-refractivity contribution in [3.05, 3.63) is 259 Å². The highest BCUT2D eigenvalue weighted by molar-refractivity contribution is 6.12. The van der Waals surface area contributed by atoms with Crippen molar-refractivity contribution in [3.8, 4) is 45.7 Å². The summed E-state index contributed by atoms with van der Waals surface area (Å²) < 4.78 is 2.23. The van der Waals surface area contributed by atoms with Crippen molar-refractivity contribution in [2.75, 3.05) is 9.80 Å². The summed E-state index contributed by atoms with van der Waals surface area (Å²) in [6.45, 7) is 15.3. The van der Waals surface area contributed by atoms with E-state index in [2.05, 4.69) is 164 Å². The fourth-order valence-corrected chi connectivity index (χ4v) is 9.06. The van der Waals surface area contributed by atoms with Gasteiger partial charge in [-0.1, -0.05) is 109 Å². The number of anilines is 6. The van der Waals surface area contributed by atoms with E-state index >= 15 is 0 Å². The molecule has 0 saturated heterocycles. The summed E-state index contributed by atoms with van der Waals surface area (Å²) in [4.78, 5) is 21.8. The molecule has 0 spiro atoms. The van der Waals surface area contributed by atoms with Gasteiger partial charge >= 0.3 is 0 Å². The van der Waals surface area contributed by atoms with Gasteiger partial charge in [0.15, 0.2) is 17.2 Å². The minimum absolute atomic E-state index is 0.406. The summed E-state index contributed by atoms with van der Waals surface area (Å²) in [7, 11) is 0. The molecule has 0 unspecified atom stereocenters. The first-order chi connectivity index (χ1) is 34.1. The van der Waals surface area contributed by atoms with Crippen LogP contribution in [0.3, 0.4) is 0 Å². The Balaban J connectivity index is 1.12. The maximum absolute atomic E-state index is 11.0. The van der Waals surface area contributed by atoms with Crippen molar-refractivity contribution in [2.45, 2.75) is 0 Å². The smallest absolute Gasteiger partial charge is 0.187 e. The summed E-state index contributed by atoms with van der Waals surface area (Å²) in [5.41, 5.74) is 13.5. The Labute approximate surface area is 399 Å². The van der Waals surface area contributed by atoms with E-state index in [1.54, 1.807) is 24.3 Å². The molecule has 69 heavy (non-hydrogen) atoms. The second-order valence-electron chi connectivity index (χ2n) is 16.4. The van der Waals surface area contributed by atoms with Crippen LogP contribution in [0, 0.1) is 24.5 Å². The summed E-state index contributed by atoms with van der Waals surface area (Å²) in [5, 5.41) is 13.1. The van der Waals surface area contributed by atoms with Crippen LogP contribution in [-0.2, 0) is 0 Å². The lowest BCUT2D eigenvalue weighted by atomic mass is 10.0. The molecule has 0 atom stereocenters. The van der Waals surface area contributed by atoms with Gasteiger partial charge in [-0.2, -0.15) is 5.26 Å². The normalized spacial score (nSPS) is 10.9. The number of nitrogens with zero attached hydrogens (tertiary/aromatic N) is 8. The summed E-state index contributed by atoms with van der Waals surface area (Å²) in [6, 6.07) is 79.6. The molecule has 0 bridgehead atoms. The van der Waals surface area contributed by atoms with Crippen LogP contribution >= 0.6 is 0 Å². The molecule has 11 rings (SSSR count). The van der Waals surface area contributed by atoms with Crippen molar-refractivity contribution in [1.29, 1.82) is 5.26 Å². The first-order valence-corrected chi connectivity index (χ1v) is 22.4. The second-order valence-corrected chi connectivity index (χ2v) is 16.4. The van der Waals surface area contributed by atoms with E-state index in [9.17, 15) is 5.26 Å². The number of aromatic nitrogens is 3. The third-order valence-electron chi connectivity index (χ3n) is 12.2. The lowest BCUT2D eigenvalue weighted by Crippen LogP contribution is -2.09. The van der Waals surface area contributed by atoms with Crippen molar-refractivity contribution in [2.24, 2.45) is 0 Å². The van der Waals surface area contributed by atoms with E-state index in [-0.39, 0.29) is 0 Å². The average Bonchev–Trinajstić information content (AvgIpc) is 3.75. The van der Waals surface area contributed by atoms with Crippen LogP contribution in [0.1, 0.15) is 5.56 Å². The number of fused-ring (bicyclic) bond motifs is 3. The molecule has 0 saturated carbocycles. The zero-order chi connectivity index (χ0) is 46.7. The highest BCUT2D eigenvalue weighted by Crippen LogP contribution is 2.43. The van der Waals surface area contributed by atoms with Gasteiger partial charge in [0, 0.05) is 61.7 Å². The predicted molar refractivity (Wildman–Crippen MR) is 279 cm³/mol. The third-order valence-corrected chi connectivity index (χ3v) is 12.2. The molecule has 2 aromatic heterocycles. The minimum Gasteiger partial charge on any atom is -0.310 e. The highest BCUT2D eigenvalue weighted by atomic mass is 15.1. The first-order valence-electron chi connectivity index (χ1n) is 22.4. The van der Waals surface area contributed by atoms with Crippen LogP contribution in [-0.4, -0.2) is 14.5 Å². The van der Waals surface area contributed by atoms with E-state index in [4.69, 9.17) is 23.1 Å². The van der Waals surface area contributed by atoms with Crippen LogP contribution in [0.4, 0.5) is 45.5 Å². The second kappa shape index (κ2) is 18.1. The van der Waals surface area contributed by atoms with Gasteiger partial charge in [-0.05, 0) is 127 Å². The number of rotatable bonds is 10. The standard InChI is InChI=1S/C61H38N8/c1-63-45-19-15-17-42(35-45)57-40-58(66-61(65-57)43-18-16-20-46(36-43)64-2)54-32-29-51(37-44(54)41-62)69-59-33-30-52(67(47-21-7-3-8-22-47)48-23-9-4-10-24-48)38-55(59)56-39-53(31-34-60(56)69)68(49-25-11-5-12-26-49)50-27-13-6-14-28-50/h3-40H. The fraction of sp³-hybridized carbons (Fsp3) is 0. The van der Waals surface area contributed by atoms with Gasteiger partial charge in [0.05, 0.1) is 47.2 Å². The van der Waals surface area contributed by atoms with Crippen molar-refractivity contribution in [3.63, 3.8) is 0 Å². The number of hydrogen-bond donors (Lipinski definition) is 0. The van der Waals surface area contributed by atoms with E-state index in [0.717, 1.165) is 67.2 Å². The van der Waals surface area contributed by atoms with E-state index in [1.165, 1.54) is 0 Å². The van der Waals surface area contributed by atoms with E-state index in [1.807, 2.05) is 72.8 Å². The Morgan fingerprint density at radius 1 is 0.420 bits per heavy atom. The number of nitriles is 1. The predicted octanol–water partition coefficient (Wildman–Crippen LogP) is 16.5. The average molecular weight is 883 g/mol. The quantitative estimate of drug-likeness (QED) is 0.128. The van der Waals surface area contributed by atoms with Crippen LogP contribution in [0.5, 0.6) is 0 Å². The third kappa shape index (κ3) is 7.96. The van der Waals surface area contributed by atoms with Gasteiger partial charge in [0.2, 0.25) is 0 Å². The molecule has 11 aromatic rings. The van der Waals surface area contributed by atoms with Crippen LogP contribution in [0.15, 0.2) is 231 Å². The lowest BCUT2D eigenvalue weighted by molar-refractivity contribution is 1.16. The number of benzene rings is 9. The van der Waals surface area contributed by atoms with Crippen molar-refractivity contribution >= 4 is 67.3 Å². The molecule has 0 radical (unpaired) electrons. The van der Waals surface area contributed by atoms with Gasteiger partial charge in [-0.3, -0.25) is 0 Å². The van der Waals surface area contributed by atoms with Crippen molar-refractivity contribution in [1.82, 2.24) is 14.5 Å². The largest absolute Gasteiger partial charge is 0.310 e. The van der Waals surface area contributed by atoms with Crippen LogP contribution < -0.4 is 9.80 Å². The molecular weight excluding hydrogens is 845 g/mol. The zero-order valence-electron chi connectivity index (χ0n) is 37.0. The lowest BCUT2D eigenvalue weighted by Gasteiger charge is -2.26. The molecule has 0 fully saturated rings. The molecule has 0 aliphatic heterocycles. The zero-order valence-corrected chi connectivity index (χ0v) is 37.0. The van der Waals surface area contributed by atoms with Gasteiger partial charge in [-0.15, -0.1) is 0 Å². The molecule has 0 amide bonds. The Morgan fingerprint density at radius 3 is 1.36 bits per heavy atom. The Hall–Kier alpha value is -10.1. The van der Waals surface area contributed by atoms with Crippen LogP contribution in [0.2, 0.25) is 0 Å². The molecule has 0 aliphatic carbocycles. The van der Waals surface area contributed by atoms with Gasteiger partial charge in [0.25, 0.3) is 0 Å². The number of para-hydroxylation sites is 4. The molecule has 9 aromatic carbocycles. The van der Waals surface area contributed by atoms with E-state index in [0.29, 0.717) is 45.3 Å². The molecule has 0 N–H and O–H groups in total. The molecule has 8 nitrogen and oxygen atoms in total.